The normalized spacial score (nSPS) is 8.71. The molecule has 215 valence electrons. The quantitative estimate of drug-likeness (QED) is 0.114. The van der Waals surface area contributed by atoms with E-state index in [1.807, 2.05) is 0 Å². The summed E-state index contributed by atoms with van der Waals surface area (Å²) in [4.78, 5) is 0. The Morgan fingerprint density at radius 2 is 0.643 bits per heavy atom. The summed E-state index contributed by atoms with van der Waals surface area (Å²) in [6, 6.07) is 44.2. The Morgan fingerprint density at radius 3 is 0.786 bits per heavy atom. The molecule has 7 heteroatoms. The molecule has 4 rings (SSSR count). The predicted molar refractivity (Wildman–Crippen MR) is 168 cm³/mol. The number of hydrogen-bond donors (Lipinski definition) is 0. The van der Waals surface area contributed by atoms with Gasteiger partial charge in [-0.25, -0.2) is 0 Å². The Balaban J connectivity index is -0.000000945. The van der Waals surface area contributed by atoms with Gasteiger partial charge in [-0.2, -0.15) is 12.8 Å². The van der Waals surface area contributed by atoms with Gasteiger partial charge in [0.2, 0.25) is 0 Å². The van der Waals surface area contributed by atoms with Gasteiger partial charge in [-0.1, -0.05) is 135 Å². The Kier molecular flexibility index (Phi) is 32.5. The minimum atomic E-state index is -0.348. The van der Waals surface area contributed by atoms with E-state index in [0.717, 1.165) is 5.92 Å². The van der Waals surface area contributed by atoms with Crippen molar-refractivity contribution in [3.63, 3.8) is 0 Å². The fourth-order valence-corrected chi connectivity index (χ4v) is 8.80. The van der Waals surface area contributed by atoms with Gasteiger partial charge in [0.25, 0.3) is 0 Å². The van der Waals surface area contributed by atoms with Crippen LogP contribution in [0.2, 0.25) is 0 Å². The van der Waals surface area contributed by atoms with Gasteiger partial charge in [0, 0.05) is 18.6 Å². The third-order valence-corrected chi connectivity index (χ3v) is 10.9. The van der Waals surface area contributed by atoms with Crippen molar-refractivity contribution in [2.24, 2.45) is 5.92 Å². The summed E-state index contributed by atoms with van der Waals surface area (Å²) in [6.45, 7) is 24.4. The first-order valence-corrected chi connectivity index (χ1v) is 15.6. The third-order valence-electron chi connectivity index (χ3n) is 5.49. The maximum atomic E-state index is 7.50. The molecule has 0 bridgehead atoms. The number of hydrogen-bond acceptors (Lipinski definition) is 0. The standard InChI is InChI=1S/C26H24P2.C5H11.4CO.V/c1-5-13-23(14-6-1)27(24-15-7-2-8-16-24)21-22-28(25-17-9-3-10-18-25)26-19-11-4-12-20-26;1-4-5(2)3;4*1-2;/h1-20H,21-22H2;4-5H,1-3H3;;;;;/q;-1;;;;;. The van der Waals surface area contributed by atoms with Gasteiger partial charge in [-0.3, -0.25) is 0 Å². The third kappa shape index (κ3) is 18.0. The van der Waals surface area contributed by atoms with Crippen LogP contribution in [0.3, 0.4) is 0 Å². The molecule has 0 aliphatic carbocycles. The first-order chi connectivity index (χ1) is 20.2. The molecule has 0 aromatic heterocycles. The molecule has 1 radical (unpaired) electrons. The fraction of sp³-hybridized carbons (Fsp3) is 0.171. The summed E-state index contributed by atoms with van der Waals surface area (Å²) in [5, 5.41) is 5.89. The second-order valence-electron chi connectivity index (χ2n) is 8.22. The van der Waals surface area contributed by atoms with Gasteiger partial charge in [-0.15, -0.1) is 0 Å². The van der Waals surface area contributed by atoms with Gasteiger partial charge in [-0.05, 0) is 49.4 Å². The Bertz CT molecular complexity index is 1030. The monoisotopic (exact) mass is 632 g/mol. The molecular formula is C35H35O4P2V-. The molecule has 0 aliphatic heterocycles. The van der Waals surface area contributed by atoms with Crippen LogP contribution in [0.15, 0.2) is 121 Å². The van der Waals surface area contributed by atoms with Crippen LogP contribution in [-0.2, 0) is 37.2 Å². The molecule has 0 unspecified atom stereocenters. The second-order valence-corrected chi connectivity index (χ2v) is 12.9. The molecule has 4 aromatic rings. The van der Waals surface area contributed by atoms with Crippen LogP contribution < -0.4 is 21.2 Å². The average Bonchev–Trinajstić information content (AvgIpc) is 3.09. The average molecular weight is 633 g/mol. The van der Waals surface area contributed by atoms with Crippen LogP contribution in [-0.4, -0.2) is 12.3 Å². The predicted octanol–water partition coefficient (Wildman–Crippen LogP) is 6.97. The molecule has 0 spiro atoms. The molecule has 0 atom stereocenters. The van der Waals surface area contributed by atoms with Gasteiger partial charge in [0.1, 0.15) is 0 Å². The van der Waals surface area contributed by atoms with E-state index in [-0.39, 0.29) is 34.4 Å². The Hall–Kier alpha value is -2.72. The summed E-state index contributed by atoms with van der Waals surface area (Å²) in [6.07, 6.45) is 4.58. The summed E-state index contributed by atoms with van der Waals surface area (Å²) in [5.41, 5.74) is 0. The van der Waals surface area contributed by atoms with Crippen LogP contribution in [0.25, 0.3) is 0 Å². The molecule has 0 N–H and O–H groups in total. The van der Waals surface area contributed by atoms with E-state index in [1.54, 1.807) is 0 Å². The molecule has 4 nitrogen and oxygen atoms in total. The topological polar surface area (TPSA) is 79.6 Å². The van der Waals surface area contributed by atoms with E-state index >= 15 is 0 Å². The minimum absolute atomic E-state index is 0. The number of rotatable bonds is 8. The van der Waals surface area contributed by atoms with E-state index in [9.17, 15) is 0 Å². The van der Waals surface area contributed by atoms with Gasteiger partial charge < -0.3 is 6.42 Å². The van der Waals surface area contributed by atoms with E-state index < -0.39 is 0 Å². The van der Waals surface area contributed by atoms with Crippen LogP contribution >= 0.6 is 15.8 Å². The maximum Gasteiger partial charge on any atom is 0 e. The summed E-state index contributed by atoms with van der Waals surface area (Å²) in [5.74, 6) is 0.759. The van der Waals surface area contributed by atoms with Gasteiger partial charge in [0.05, 0.1) is 0 Å². The molecule has 0 saturated carbocycles. The fourth-order valence-electron chi connectivity index (χ4n) is 3.45. The smallest absolute Gasteiger partial charge is 0 e. The first kappa shape index (κ1) is 43.7. The van der Waals surface area contributed by atoms with E-state index in [1.165, 1.54) is 33.5 Å². The van der Waals surface area contributed by atoms with Crippen molar-refractivity contribution in [1.82, 2.24) is 0 Å². The molecule has 0 saturated heterocycles. The van der Waals surface area contributed by atoms with Crippen LogP contribution in [0.1, 0.15) is 20.8 Å². The summed E-state index contributed by atoms with van der Waals surface area (Å²) < 4.78 is 30.0. The van der Waals surface area contributed by atoms with Crippen LogP contribution in [0, 0.1) is 38.9 Å². The van der Waals surface area contributed by atoms with E-state index in [0.29, 0.717) is 0 Å². The zero-order valence-electron chi connectivity index (χ0n) is 24.1. The van der Waals surface area contributed by atoms with Gasteiger partial charge in [0.15, 0.2) is 0 Å². The number of benzene rings is 4. The minimum Gasteiger partial charge on any atom is -0.0622 e. The SMILES string of the molecule is C[CH-]C(C)C.[C-]#[O+].[C-]#[O+].[C-]#[O+].[C-]#[O+].[V].c1ccc(P(CCP(c2ccccc2)c2ccccc2)c2ccccc2)cc1. The summed E-state index contributed by atoms with van der Waals surface area (Å²) in [7, 11) is -0.696. The molecular weight excluding hydrogens is 597 g/mol. The largest absolute Gasteiger partial charge is 0.0622 e. The zero-order valence-corrected chi connectivity index (χ0v) is 27.3. The molecule has 0 aliphatic rings. The molecule has 4 aromatic carbocycles. The Morgan fingerprint density at radius 1 is 0.476 bits per heavy atom. The van der Waals surface area contributed by atoms with Crippen LogP contribution in [0.4, 0.5) is 0 Å². The van der Waals surface area contributed by atoms with E-state index in [4.69, 9.17) is 18.6 Å². The zero-order chi connectivity index (χ0) is 31.3. The first-order valence-electron chi connectivity index (χ1n) is 12.6. The summed E-state index contributed by atoms with van der Waals surface area (Å²) >= 11 is 0. The van der Waals surface area contributed by atoms with E-state index in [2.05, 4.69) is 175 Å². The Labute approximate surface area is 266 Å². The van der Waals surface area contributed by atoms with Gasteiger partial charge >= 0.3 is 45.2 Å². The van der Waals surface area contributed by atoms with Crippen molar-refractivity contribution < 1.29 is 37.2 Å². The van der Waals surface area contributed by atoms with Crippen molar-refractivity contribution in [2.75, 3.05) is 12.3 Å². The molecule has 42 heavy (non-hydrogen) atoms. The van der Waals surface area contributed by atoms with Crippen molar-refractivity contribution in [3.8, 4) is 0 Å². The second kappa shape index (κ2) is 31.2. The molecule has 0 amide bonds. The molecule has 0 fully saturated rings. The molecule has 0 heterocycles. The van der Waals surface area contributed by atoms with Crippen molar-refractivity contribution in [2.45, 2.75) is 20.8 Å². The van der Waals surface area contributed by atoms with Crippen molar-refractivity contribution in [3.05, 3.63) is 154 Å². The van der Waals surface area contributed by atoms with Crippen LogP contribution in [0.5, 0.6) is 0 Å². The van der Waals surface area contributed by atoms with Crippen molar-refractivity contribution in [1.29, 1.82) is 0 Å². The maximum absolute atomic E-state index is 7.50. The van der Waals surface area contributed by atoms with Crippen molar-refractivity contribution >= 4 is 37.1 Å².